The zero-order chi connectivity index (χ0) is 18.2. The van der Waals surface area contributed by atoms with Gasteiger partial charge in [-0.2, -0.15) is 0 Å². The maximum Gasteiger partial charge on any atom is 0.255 e. The number of nitrogens with one attached hydrogen (secondary N) is 1. The van der Waals surface area contributed by atoms with Gasteiger partial charge < -0.3 is 25.3 Å². The third kappa shape index (κ3) is 5.19. The van der Waals surface area contributed by atoms with Crippen molar-refractivity contribution < 1.29 is 19.0 Å². The van der Waals surface area contributed by atoms with Crippen LogP contribution in [0.1, 0.15) is 12.5 Å². The van der Waals surface area contributed by atoms with Crippen LogP contribution in [-0.4, -0.2) is 26.2 Å². The van der Waals surface area contributed by atoms with Crippen LogP contribution in [0.3, 0.4) is 0 Å². The van der Waals surface area contributed by atoms with Crippen LogP contribution in [0, 0.1) is 0 Å². The highest BCUT2D eigenvalue weighted by Gasteiger charge is 2.13. The van der Waals surface area contributed by atoms with Gasteiger partial charge in [-0.15, -0.1) is 0 Å². The Morgan fingerprint density at radius 1 is 1.20 bits per heavy atom. The monoisotopic (exact) mass is 364 g/mol. The molecule has 7 heteroatoms. The van der Waals surface area contributed by atoms with Gasteiger partial charge in [0.2, 0.25) is 0 Å². The number of carbonyl (C=O) groups excluding carboxylic acids is 1. The number of hydrogen-bond acceptors (Lipinski definition) is 5. The summed E-state index contributed by atoms with van der Waals surface area (Å²) in [5.74, 6) is 0.922. The molecule has 0 saturated heterocycles. The third-order valence-electron chi connectivity index (χ3n) is 3.32. The maximum absolute atomic E-state index is 10.9. The Bertz CT molecular complexity index is 737. The number of halogens is 1. The molecule has 0 spiro atoms. The number of nitrogens with two attached hydrogens (primary N) is 1. The SMILES string of the molecule is CCOc1ccccc1NCc1cc(Cl)c(OCC(N)=O)c(OC)c1. The molecule has 6 nitrogen and oxygen atoms in total. The molecular weight excluding hydrogens is 344 g/mol. The fraction of sp³-hybridized carbons (Fsp3) is 0.278. The second kappa shape index (κ2) is 9.03. The van der Waals surface area contributed by atoms with Crippen LogP contribution in [0.4, 0.5) is 5.69 Å². The second-order valence-corrected chi connectivity index (χ2v) is 5.55. The van der Waals surface area contributed by atoms with Crippen LogP contribution < -0.4 is 25.3 Å². The van der Waals surface area contributed by atoms with E-state index in [9.17, 15) is 4.79 Å². The van der Waals surface area contributed by atoms with E-state index in [1.807, 2.05) is 31.2 Å². The summed E-state index contributed by atoms with van der Waals surface area (Å²) in [7, 11) is 1.50. The lowest BCUT2D eigenvalue weighted by molar-refractivity contribution is -0.119. The highest BCUT2D eigenvalue weighted by atomic mass is 35.5. The molecule has 3 N–H and O–H groups in total. The van der Waals surface area contributed by atoms with E-state index in [4.69, 9.17) is 31.5 Å². The Hall–Kier alpha value is -2.60. The van der Waals surface area contributed by atoms with E-state index in [0.29, 0.717) is 29.7 Å². The molecule has 0 atom stereocenters. The minimum absolute atomic E-state index is 0.268. The molecule has 134 valence electrons. The van der Waals surface area contributed by atoms with Crippen LogP contribution in [-0.2, 0) is 11.3 Å². The largest absolute Gasteiger partial charge is 0.493 e. The molecule has 1 amide bonds. The molecule has 0 fully saturated rings. The van der Waals surface area contributed by atoms with E-state index >= 15 is 0 Å². The number of para-hydroxylation sites is 2. The summed E-state index contributed by atoms with van der Waals surface area (Å²) >= 11 is 6.25. The van der Waals surface area contributed by atoms with Crippen molar-refractivity contribution in [3.63, 3.8) is 0 Å². The van der Waals surface area contributed by atoms with Crippen molar-refractivity contribution >= 4 is 23.2 Å². The van der Waals surface area contributed by atoms with Crippen LogP contribution in [0.2, 0.25) is 5.02 Å². The first-order chi connectivity index (χ1) is 12.0. The van der Waals surface area contributed by atoms with E-state index in [1.54, 1.807) is 12.1 Å². The number of rotatable bonds is 9. The van der Waals surface area contributed by atoms with Crippen molar-refractivity contribution in [2.75, 3.05) is 25.6 Å². The summed E-state index contributed by atoms with van der Waals surface area (Å²) in [5.41, 5.74) is 6.86. The fourth-order valence-electron chi connectivity index (χ4n) is 2.25. The number of primary amides is 1. The van der Waals surface area contributed by atoms with Gasteiger partial charge in [0, 0.05) is 6.54 Å². The van der Waals surface area contributed by atoms with Gasteiger partial charge in [0.15, 0.2) is 18.1 Å². The molecule has 0 heterocycles. The van der Waals surface area contributed by atoms with Gasteiger partial charge in [-0.05, 0) is 36.8 Å². The summed E-state index contributed by atoms with van der Waals surface area (Å²) in [6.45, 7) is 2.77. The number of benzene rings is 2. The van der Waals surface area contributed by atoms with Crippen molar-refractivity contribution in [1.82, 2.24) is 0 Å². The van der Waals surface area contributed by atoms with Gasteiger partial charge in [0.1, 0.15) is 5.75 Å². The van der Waals surface area contributed by atoms with Gasteiger partial charge in [-0.3, -0.25) is 4.79 Å². The molecule has 0 aliphatic heterocycles. The Kier molecular flexibility index (Phi) is 6.77. The zero-order valence-corrected chi connectivity index (χ0v) is 14.9. The van der Waals surface area contributed by atoms with E-state index in [-0.39, 0.29) is 6.61 Å². The second-order valence-electron chi connectivity index (χ2n) is 5.15. The molecule has 25 heavy (non-hydrogen) atoms. The molecule has 2 aromatic carbocycles. The highest BCUT2D eigenvalue weighted by molar-refractivity contribution is 6.32. The summed E-state index contributed by atoms with van der Waals surface area (Å²) in [6.07, 6.45) is 0. The van der Waals surface area contributed by atoms with Crippen molar-refractivity contribution in [1.29, 1.82) is 0 Å². The Labute approximate surface area is 151 Å². The average Bonchev–Trinajstić information content (AvgIpc) is 2.59. The molecule has 0 bridgehead atoms. The number of carbonyl (C=O) groups is 1. The van der Waals surface area contributed by atoms with Gasteiger partial charge in [-0.1, -0.05) is 23.7 Å². The van der Waals surface area contributed by atoms with E-state index in [1.165, 1.54) is 7.11 Å². The van der Waals surface area contributed by atoms with Crippen LogP contribution in [0.25, 0.3) is 0 Å². The van der Waals surface area contributed by atoms with Crippen LogP contribution in [0.5, 0.6) is 17.2 Å². The quantitative estimate of drug-likeness (QED) is 0.713. The average molecular weight is 365 g/mol. The molecule has 0 aliphatic rings. The summed E-state index contributed by atoms with van der Waals surface area (Å²) in [5, 5.41) is 3.65. The Morgan fingerprint density at radius 3 is 2.64 bits per heavy atom. The first-order valence-electron chi connectivity index (χ1n) is 7.78. The first kappa shape index (κ1) is 18.7. The molecule has 0 aromatic heterocycles. The molecule has 0 aliphatic carbocycles. The normalized spacial score (nSPS) is 10.2. The molecular formula is C18H21ClN2O4. The number of amides is 1. The van der Waals surface area contributed by atoms with E-state index < -0.39 is 5.91 Å². The minimum atomic E-state index is -0.587. The van der Waals surface area contributed by atoms with Gasteiger partial charge >= 0.3 is 0 Å². The summed E-state index contributed by atoms with van der Waals surface area (Å²) in [4.78, 5) is 10.9. The number of ether oxygens (including phenoxy) is 3. The van der Waals surface area contributed by atoms with Crippen LogP contribution in [0.15, 0.2) is 36.4 Å². The zero-order valence-electron chi connectivity index (χ0n) is 14.2. The lowest BCUT2D eigenvalue weighted by atomic mass is 10.2. The fourth-order valence-corrected chi connectivity index (χ4v) is 2.54. The van der Waals surface area contributed by atoms with E-state index in [0.717, 1.165) is 17.0 Å². The van der Waals surface area contributed by atoms with Crippen molar-refractivity contribution in [2.45, 2.75) is 13.5 Å². The number of hydrogen-bond donors (Lipinski definition) is 2. The molecule has 0 unspecified atom stereocenters. The van der Waals surface area contributed by atoms with E-state index in [2.05, 4.69) is 5.32 Å². The predicted octanol–water partition coefficient (Wildman–Crippen LogP) is 3.22. The topological polar surface area (TPSA) is 82.8 Å². The summed E-state index contributed by atoms with van der Waals surface area (Å²) < 4.78 is 16.2. The van der Waals surface area contributed by atoms with Gasteiger partial charge in [-0.25, -0.2) is 0 Å². The smallest absolute Gasteiger partial charge is 0.255 e. The van der Waals surface area contributed by atoms with Crippen molar-refractivity contribution in [2.24, 2.45) is 5.73 Å². The molecule has 0 saturated carbocycles. The predicted molar refractivity (Wildman–Crippen MR) is 97.6 cm³/mol. The molecule has 2 rings (SSSR count). The third-order valence-corrected chi connectivity index (χ3v) is 3.60. The summed E-state index contributed by atoms with van der Waals surface area (Å²) in [6, 6.07) is 11.2. The van der Waals surface area contributed by atoms with Crippen molar-refractivity contribution in [3.05, 3.63) is 47.0 Å². The first-order valence-corrected chi connectivity index (χ1v) is 8.16. The standard InChI is InChI=1S/C18H21ClN2O4/c1-3-24-15-7-5-4-6-14(15)21-10-12-8-13(19)18(16(9-12)23-2)25-11-17(20)22/h4-9,21H,3,10-11H2,1-2H3,(H2,20,22). The lowest BCUT2D eigenvalue weighted by Crippen LogP contribution is -2.20. The van der Waals surface area contributed by atoms with Crippen LogP contribution >= 0.6 is 11.6 Å². The molecule has 2 aromatic rings. The lowest BCUT2D eigenvalue weighted by Gasteiger charge is -2.15. The maximum atomic E-state index is 10.9. The van der Waals surface area contributed by atoms with Gasteiger partial charge in [0.25, 0.3) is 5.91 Å². The van der Waals surface area contributed by atoms with Gasteiger partial charge in [0.05, 0.1) is 24.4 Å². The Morgan fingerprint density at radius 2 is 1.96 bits per heavy atom. The van der Waals surface area contributed by atoms with Crippen molar-refractivity contribution in [3.8, 4) is 17.2 Å². The highest BCUT2D eigenvalue weighted by Crippen LogP contribution is 2.36. The number of anilines is 1. The molecule has 0 radical (unpaired) electrons. The Balaban J connectivity index is 2.15. The minimum Gasteiger partial charge on any atom is -0.493 e. The number of methoxy groups -OCH3 is 1.